The first-order valence-electron chi connectivity index (χ1n) is 5.59. The molecule has 0 radical (unpaired) electrons. The number of primary amides is 1. The number of hydrogen-bond donors (Lipinski definition) is 2. The summed E-state index contributed by atoms with van der Waals surface area (Å²) < 4.78 is 26.4. The molecule has 102 valence electrons. The van der Waals surface area contributed by atoms with Gasteiger partial charge >= 0.3 is 0 Å². The highest BCUT2D eigenvalue weighted by Crippen LogP contribution is 2.13. The first-order valence-corrected chi connectivity index (χ1v) is 7.08. The van der Waals surface area contributed by atoms with Gasteiger partial charge in [-0.1, -0.05) is 19.9 Å². The second-order valence-electron chi connectivity index (χ2n) is 4.38. The van der Waals surface area contributed by atoms with Crippen LogP contribution in [0, 0.1) is 17.2 Å². The average molecular weight is 281 g/mol. The zero-order valence-corrected chi connectivity index (χ0v) is 11.4. The fourth-order valence-electron chi connectivity index (χ4n) is 1.49. The second kappa shape index (κ2) is 5.82. The summed E-state index contributed by atoms with van der Waals surface area (Å²) in [5.74, 6) is -1.01. The van der Waals surface area contributed by atoms with Gasteiger partial charge in [-0.25, -0.2) is 8.42 Å². The normalized spacial score (nSPS) is 12.9. The Balaban J connectivity index is 3.11. The Morgan fingerprint density at radius 3 is 2.53 bits per heavy atom. The molecule has 0 fully saturated rings. The van der Waals surface area contributed by atoms with Gasteiger partial charge in [0.15, 0.2) is 0 Å². The number of amides is 1. The van der Waals surface area contributed by atoms with Crippen LogP contribution in [0.1, 0.15) is 19.4 Å². The summed E-state index contributed by atoms with van der Waals surface area (Å²) in [7, 11) is -3.88. The van der Waals surface area contributed by atoms with Crippen LogP contribution in [0.3, 0.4) is 0 Å². The molecule has 0 saturated heterocycles. The van der Waals surface area contributed by atoms with E-state index < -0.39 is 22.0 Å². The average Bonchev–Trinajstić information content (AvgIpc) is 2.35. The smallest absolute Gasteiger partial charge is 0.241 e. The molecule has 0 bridgehead atoms. The number of nitrogens with zero attached hydrogens (tertiary/aromatic N) is 1. The summed E-state index contributed by atoms with van der Waals surface area (Å²) in [6.45, 7) is 3.37. The lowest BCUT2D eigenvalue weighted by molar-refractivity contribution is -0.120. The minimum absolute atomic E-state index is 0.0709. The molecule has 0 aliphatic heterocycles. The van der Waals surface area contributed by atoms with Crippen molar-refractivity contribution < 1.29 is 13.2 Å². The van der Waals surface area contributed by atoms with Crippen LogP contribution in [0.15, 0.2) is 29.2 Å². The van der Waals surface area contributed by atoms with Crippen molar-refractivity contribution in [1.82, 2.24) is 4.72 Å². The van der Waals surface area contributed by atoms with E-state index in [1.54, 1.807) is 13.8 Å². The Morgan fingerprint density at radius 2 is 2.05 bits per heavy atom. The molecule has 1 aromatic rings. The van der Waals surface area contributed by atoms with Crippen molar-refractivity contribution >= 4 is 15.9 Å². The molecule has 7 heteroatoms. The molecule has 1 amide bonds. The molecule has 0 aliphatic rings. The Labute approximate surface area is 112 Å². The van der Waals surface area contributed by atoms with E-state index in [-0.39, 0.29) is 16.4 Å². The van der Waals surface area contributed by atoms with Gasteiger partial charge < -0.3 is 5.73 Å². The van der Waals surface area contributed by atoms with Gasteiger partial charge in [0, 0.05) is 0 Å². The van der Waals surface area contributed by atoms with Gasteiger partial charge in [-0.2, -0.15) is 9.98 Å². The molecule has 0 spiro atoms. The van der Waals surface area contributed by atoms with Crippen LogP contribution in [0.25, 0.3) is 0 Å². The minimum Gasteiger partial charge on any atom is -0.368 e. The summed E-state index contributed by atoms with van der Waals surface area (Å²) in [4.78, 5) is 11.1. The van der Waals surface area contributed by atoms with E-state index in [1.807, 2.05) is 6.07 Å². The molecular weight excluding hydrogens is 266 g/mol. The molecule has 0 heterocycles. The van der Waals surface area contributed by atoms with Gasteiger partial charge in [0.2, 0.25) is 15.9 Å². The Morgan fingerprint density at radius 1 is 1.42 bits per heavy atom. The van der Waals surface area contributed by atoms with E-state index in [2.05, 4.69) is 4.72 Å². The molecule has 6 nitrogen and oxygen atoms in total. The summed E-state index contributed by atoms with van der Waals surface area (Å²) >= 11 is 0. The zero-order valence-electron chi connectivity index (χ0n) is 10.6. The van der Waals surface area contributed by atoms with Crippen LogP contribution in [-0.2, 0) is 14.8 Å². The van der Waals surface area contributed by atoms with Gasteiger partial charge in [-0.05, 0) is 24.1 Å². The molecular formula is C12H15N3O3S. The fourth-order valence-corrected chi connectivity index (χ4v) is 2.89. The summed E-state index contributed by atoms with van der Waals surface area (Å²) in [5.41, 5.74) is 5.39. The zero-order chi connectivity index (χ0) is 14.6. The van der Waals surface area contributed by atoms with Crippen LogP contribution in [0.2, 0.25) is 0 Å². The number of sulfonamides is 1. The van der Waals surface area contributed by atoms with Crippen LogP contribution in [0.5, 0.6) is 0 Å². The van der Waals surface area contributed by atoms with Gasteiger partial charge in [0.1, 0.15) is 6.04 Å². The van der Waals surface area contributed by atoms with E-state index in [0.717, 1.165) is 0 Å². The number of nitriles is 1. The summed E-state index contributed by atoms with van der Waals surface area (Å²) in [5, 5.41) is 8.75. The van der Waals surface area contributed by atoms with Gasteiger partial charge in [-0.3, -0.25) is 4.79 Å². The van der Waals surface area contributed by atoms with E-state index in [0.29, 0.717) is 0 Å². The van der Waals surface area contributed by atoms with Crippen molar-refractivity contribution in [1.29, 1.82) is 5.26 Å². The molecule has 0 aromatic heterocycles. The lowest BCUT2D eigenvalue weighted by Crippen LogP contribution is -2.47. The van der Waals surface area contributed by atoms with E-state index >= 15 is 0 Å². The molecule has 0 unspecified atom stereocenters. The first-order chi connectivity index (χ1) is 8.77. The number of hydrogen-bond acceptors (Lipinski definition) is 4. The van der Waals surface area contributed by atoms with Crippen molar-refractivity contribution in [2.75, 3.05) is 0 Å². The second-order valence-corrected chi connectivity index (χ2v) is 6.10. The molecule has 0 saturated carbocycles. The lowest BCUT2D eigenvalue weighted by Gasteiger charge is -2.18. The molecule has 0 aliphatic carbocycles. The highest BCUT2D eigenvalue weighted by molar-refractivity contribution is 7.89. The predicted molar refractivity (Wildman–Crippen MR) is 69.3 cm³/mol. The molecule has 1 aromatic carbocycles. The monoisotopic (exact) mass is 281 g/mol. The number of carbonyl (C=O) groups is 1. The maximum absolute atomic E-state index is 12.1. The van der Waals surface area contributed by atoms with Crippen LogP contribution >= 0.6 is 0 Å². The SMILES string of the molecule is CC(C)[C@@H](NS(=O)(=O)c1cccc(C#N)c1)C(N)=O. The first kappa shape index (κ1) is 15.1. The summed E-state index contributed by atoms with van der Waals surface area (Å²) in [6.07, 6.45) is 0. The fraction of sp³-hybridized carbons (Fsp3) is 0.333. The summed E-state index contributed by atoms with van der Waals surface area (Å²) in [6, 6.07) is 6.40. The Kier molecular flexibility index (Phi) is 4.64. The van der Waals surface area contributed by atoms with Crippen LogP contribution in [-0.4, -0.2) is 20.4 Å². The van der Waals surface area contributed by atoms with Crippen LogP contribution < -0.4 is 10.5 Å². The number of carbonyl (C=O) groups excluding carboxylic acids is 1. The minimum atomic E-state index is -3.88. The Bertz CT molecular complexity index is 617. The number of rotatable bonds is 5. The van der Waals surface area contributed by atoms with Gasteiger partial charge in [0.05, 0.1) is 16.5 Å². The maximum atomic E-state index is 12.1. The Hall–Kier alpha value is -1.91. The largest absolute Gasteiger partial charge is 0.368 e. The molecule has 1 rings (SSSR count). The molecule has 19 heavy (non-hydrogen) atoms. The number of benzene rings is 1. The van der Waals surface area contributed by atoms with Gasteiger partial charge in [-0.15, -0.1) is 0 Å². The number of nitrogens with one attached hydrogen (secondary N) is 1. The third-order valence-corrected chi connectivity index (χ3v) is 3.97. The van der Waals surface area contributed by atoms with E-state index in [4.69, 9.17) is 11.0 Å². The van der Waals surface area contributed by atoms with Crippen molar-refractivity contribution in [3.63, 3.8) is 0 Å². The van der Waals surface area contributed by atoms with Crippen LogP contribution in [0.4, 0.5) is 0 Å². The van der Waals surface area contributed by atoms with Crippen molar-refractivity contribution in [3.05, 3.63) is 29.8 Å². The van der Waals surface area contributed by atoms with Gasteiger partial charge in [0.25, 0.3) is 0 Å². The predicted octanol–water partition coefficient (Wildman–Crippen LogP) is 0.346. The topological polar surface area (TPSA) is 113 Å². The molecule has 1 atom stereocenters. The maximum Gasteiger partial charge on any atom is 0.241 e. The third kappa shape index (κ3) is 3.77. The van der Waals surface area contributed by atoms with E-state index in [1.165, 1.54) is 24.3 Å². The van der Waals surface area contributed by atoms with E-state index in [9.17, 15) is 13.2 Å². The van der Waals surface area contributed by atoms with Crippen molar-refractivity contribution in [2.24, 2.45) is 11.7 Å². The number of nitrogens with two attached hydrogens (primary N) is 1. The highest BCUT2D eigenvalue weighted by atomic mass is 32.2. The quantitative estimate of drug-likeness (QED) is 0.810. The van der Waals surface area contributed by atoms with Crippen molar-refractivity contribution in [3.8, 4) is 6.07 Å². The third-order valence-electron chi connectivity index (χ3n) is 2.53. The lowest BCUT2D eigenvalue weighted by atomic mass is 10.1. The molecule has 3 N–H and O–H groups in total. The standard InChI is InChI=1S/C12H15N3O3S/c1-8(2)11(12(14)16)15-19(17,18)10-5-3-4-9(6-10)7-13/h3-6,8,11,15H,1-2H3,(H2,14,16)/t11-/m1/s1. The van der Waals surface area contributed by atoms with Crippen molar-refractivity contribution in [2.45, 2.75) is 24.8 Å². The highest BCUT2D eigenvalue weighted by Gasteiger charge is 2.26.